The van der Waals surface area contributed by atoms with Gasteiger partial charge in [-0.1, -0.05) is 25.1 Å². The number of nitrogen functional groups attached to an aromatic ring is 1. The molecule has 0 aromatic heterocycles. The first-order valence-electron chi connectivity index (χ1n) is 6.05. The van der Waals surface area contributed by atoms with E-state index >= 15 is 0 Å². The first-order valence-corrected chi connectivity index (χ1v) is 6.05. The minimum absolute atomic E-state index is 0.594. The zero-order valence-corrected chi connectivity index (χ0v) is 10.4. The van der Waals surface area contributed by atoms with Gasteiger partial charge in [-0.15, -0.1) is 0 Å². The molecule has 18 heavy (non-hydrogen) atoms. The van der Waals surface area contributed by atoms with Crippen molar-refractivity contribution >= 4 is 5.69 Å². The van der Waals surface area contributed by atoms with Gasteiger partial charge in [0, 0.05) is 6.07 Å². The van der Waals surface area contributed by atoms with Crippen molar-refractivity contribution in [3.05, 3.63) is 48.5 Å². The van der Waals surface area contributed by atoms with Gasteiger partial charge in [-0.05, 0) is 30.7 Å². The predicted octanol–water partition coefficient (Wildman–Crippen LogP) is 3.85. The van der Waals surface area contributed by atoms with Crippen LogP contribution in [-0.2, 0) is 0 Å². The van der Waals surface area contributed by atoms with E-state index in [1.165, 1.54) is 0 Å². The van der Waals surface area contributed by atoms with Gasteiger partial charge in [-0.3, -0.25) is 0 Å². The first kappa shape index (κ1) is 12.3. The lowest BCUT2D eigenvalue weighted by Crippen LogP contribution is -1.99. The number of anilines is 1. The van der Waals surface area contributed by atoms with Crippen LogP contribution in [0.3, 0.4) is 0 Å². The van der Waals surface area contributed by atoms with Crippen LogP contribution in [0.2, 0.25) is 0 Å². The molecule has 0 amide bonds. The smallest absolute Gasteiger partial charge is 0.142 e. The fraction of sp³-hybridized carbons (Fsp3) is 0.200. The van der Waals surface area contributed by atoms with Crippen molar-refractivity contribution in [2.45, 2.75) is 13.3 Å². The van der Waals surface area contributed by atoms with Crippen molar-refractivity contribution in [3.8, 4) is 17.2 Å². The standard InChI is InChI=1S/C15H17NO2/c1-2-10-17-15-9-8-13(11-14(15)16)18-12-6-4-3-5-7-12/h3-9,11H,2,10,16H2,1H3. The topological polar surface area (TPSA) is 44.5 Å². The summed E-state index contributed by atoms with van der Waals surface area (Å²) in [5, 5.41) is 0. The second-order valence-electron chi connectivity index (χ2n) is 3.96. The average Bonchev–Trinajstić information content (AvgIpc) is 2.39. The van der Waals surface area contributed by atoms with Crippen LogP contribution in [-0.4, -0.2) is 6.61 Å². The molecule has 2 N–H and O–H groups in total. The first-order chi connectivity index (χ1) is 8.79. The molecule has 3 heteroatoms. The van der Waals surface area contributed by atoms with Crippen LogP contribution in [0.5, 0.6) is 17.2 Å². The van der Waals surface area contributed by atoms with Crippen LogP contribution in [0.1, 0.15) is 13.3 Å². The summed E-state index contributed by atoms with van der Waals surface area (Å²) in [6.45, 7) is 2.73. The SMILES string of the molecule is CCCOc1ccc(Oc2ccccc2)cc1N. The Kier molecular flexibility index (Phi) is 4.07. The molecular weight excluding hydrogens is 226 g/mol. The number of para-hydroxylation sites is 1. The van der Waals surface area contributed by atoms with Crippen LogP contribution in [0.25, 0.3) is 0 Å². The summed E-state index contributed by atoms with van der Waals surface area (Å²) in [6, 6.07) is 15.1. The summed E-state index contributed by atoms with van der Waals surface area (Å²) in [5.74, 6) is 2.21. The number of ether oxygens (including phenoxy) is 2. The molecule has 0 aliphatic rings. The summed E-state index contributed by atoms with van der Waals surface area (Å²) in [4.78, 5) is 0. The molecule has 0 unspecified atom stereocenters. The van der Waals surface area contributed by atoms with E-state index < -0.39 is 0 Å². The molecule has 0 heterocycles. The van der Waals surface area contributed by atoms with Crippen molar-refractivity contribution in [2.75, 3.05) is 12.3 Å². The summed E-state index contributed by atoms with van der Waals surface area (Å²) in [6.07, 6.45) is 0.960. The zero-order valence-electron chi connectivity index (χ0n) is 10.4. The summed E-state index contributed by atoms with van der Waals surface area (Å²) >= 11 is 0. The number of hydrogen-bond donors (Lipinski definition) is 1. The molecule has 0 aliphatic heterocycles. The van der Waals surface area contributed by atoms with E-state index in [2.05, 4.69) is 6.92 Å². The summed E-state index contributed by atoms with van der Waals surface area (Å²) in [7, 11) is 0. The highest BCUT2D eigenvalue weighted by Gasteiger charge is 2.03. The predicted molar refractivity (Wildman–Crippen MR) is 73.2 cm³/mol. The minimum Gasteiger partial charge on any atom is -0.491 e. The van der Waals surface area contributed by atoms with E-state index in [4.69, 9.17) is 15.2 Å². The van der Waals surface area contributed by atoms with Gasteiger partial charge in [-0.2, -0.15) is 0 Å². The van der Waals surface area contributed by atoms with Crippen molar-refractivity contribution in [2.24, 2.45) is 0 Å². The van der Waals surface area contributed by atoms with E-state index in [0.717, 1.165) is 12.2 Å². The van der Waals surface area contributed by atoms with Crippen molar-refractivity contribution < 1.29 is 9.47 Å². The number of benzene rings is 2. The molecule has 0 fully saturated rings. The van der Waals surface area contributed by atoms with Crippen LogP contribution < -0.4 is 15.2 Å². The van der Waals surface area contributed by atoms with Crippen molar-refractivity contribution in [1.82, 2.24) is 0 Å². The third-order valence-corrected chi connectivity index (χ3v) is 2.42. The zero-order chi connectivity index (χ0) is 12.8. The van der Waals surface area contributed by atoms with Crippen molar-refractivity contribution in [1.29, 1.82) is 0 Å². The number of nitrogens with two attached hydrogens (primary N) is 1. The molecule has 2 aromatic rings. The molecule has 0 bridgehead atoms. The van der Waals surface area contributed by atoms with E-state index in [9.17, 15) is 0 Å². The molecule has 0 saturated carbocycles. The Balaban J connectivity index is 2.09. The molecule has 0 atom stereocenters. The Hall–Kier alpha value is -2.16. The van der Waals surface area contributed by atoms with Gasteiger partial charge in [0.05, 0.1) is 12.3 Å². The van der Waals surface area contributed by atoms with E-state index in [1.54, 1.807) is 6.07 Å². The molecule has 2 rings (SSSR count). The van der Waals surface area contributed by atoms with Crippen LogP contribution >= 0.6 is 0 Å². The quantitative estimate of drug-likeness (QED) is 0.811. The molecule has 94 valence electrons. The summed E-state index contributed by atoms with van der Waals surface area (Å²) < 4.78 is 11.2. The highest BCUT2D eigenvalue weighted by Crippen LogP contribution is 2.29. The lowest BCUT2D eigenvalue weighted by Gasteiger charge is -2.10. The fourth-order valence-corrected chi connectivity index (χ4v) is 1.56. The molecule has 3 nitrogen and oxygen atoms in total. The van der Waals surface area contributed by atoms with Gasteiger partial charge < -0.3 is 15.2 Å². The Morgan fingerprint density at radius 1 is 1.00 bits per heavy atom. The third kappa shape index (κ3) is 3.17. The lowest BCUT2D eigenvalue weighted by atomic mass is 10.2. The van der Waals surface area contributed by atoms with Crippen LogP contribution in [0, 0.1) is 0 Å². The maximum Gasteiger partial charge on any atom is 0.142 e. The molecule has 2 aromatic carbocycles. The van der Waals surface area contributed by atoms with Gasteiger partial charge in [0.2, 0.25) is 0 Å². The fourth-order valence-electron chi connectivity index (χ4n) is 1.56. The minimum atomic E-state index is 0.594. The second kappa shape index (κ2) is 5.96. The Bertz CT molecular complexity index is 497. The normalized spacial score (nSPS) is 10.1. The Morgan fingerprint density at radius 3 is 2.44 bits per heavy atom. The summed E-state index contributed by atoms with van der Waals surface area (Å²) in [5.41, 5.74) is 6.51. The molecule has 0 saturated heterocycles. The highest BCUT2D eigenvalue weighted by atomic mass is 16.5. The second-order valence-corrected chi connectivity index (χ2v) is 3.96. The Morgan fingerprint density at radius 2 is 1.78 bits per heavy atom. The largest absolute Gasteiger partial charge is 0.491 e. The van der Waals surface area contributed by atoms with E-state index in [1.807, 2.05) is 42.5 Å². The van der Waals surface area contributed by atoms with Gasteiger partial charge in [-0.25, -0.2) is 0 Å². The van der Waals surface area contributed by atoms with Crippen LogP contribution in [0.4, 0.5) is 5.69 Å². The van der Waals surface area contributed by atoms with Gasteiger partial charge >= 0.3 is 0 Å². The molecule has 0 spiro atoms. The van der Waals surface area contributed by atoms with Gasteiger partial charge in [0.25, 0.3) is 0 Å². The monoisotopic (exact) mass is 243 g/mol. The van der Waals surface area contributed by atoms with Crippen LogP contribution in [0.15, 0.2) is 48.5 Å². The average molecular weight is 243 g/mol. The third-order valence-electron chi connectivity index (χ3n) is 2.42. The Labute approximate surface area is 107 Å². The molecule has 0 aliphatic carbocycles. The number of rotatable bonds is 5. The van der Waals surface area contributed by atoms with Gasteiger partial charge in [0.1, 0.15) is 17.2 Å². The van der Waals surface area contributed by atoms with E-state index in [-0.39, 0.29) is 0 Å². The van der Waals surface area contributed by atoms with Gasteiger partial charge in [0.15, 0.2) is 0 Å². The van der Waals surface area contributed by atoms with Crippen molar-refractivity contribution in [3.63, 3.8) is 0 Å². The highest BCUT2D eigenvalue weighted by molar-refractivity contribution is 5.56. The lowest BCUT2D eigenvalue weighted by molar-refractivity contribution is 0.318. The maximum atomic E-state index is 5.91. The number of hydrogen-bond acceptors (Lipinski definition) is 3. The molecular formula is C15H17NO2. The van der Waals surface area contributed by atoms with E-state index in [0.29, 0.717) is 23.8 Å². The molecule has 0 radical (unpaired) electrons. The maximum absolute atomic E-state index is 5.91.